The third-order valence-electron chi connectivity index (χ3n) is 4.95. The number of hydrogen-bond donors (Lipinski definition) is 1. The molecule has 0 aliphatic carbocycles. The van der Waals surface area contributed by atoms with Crippen LogP contribution in [0.1, 0.15) is 0 Å². The van der Waals surface area contributed by atoms with Crippen molar-refractivity contribution >= 4 is 22.4 Å². The number of anilines is 1. The number of fused-ring (bicyclic) bond motifs is 1. The van der Waals surface area contributed by atoms with Gasteiger partial charge in [0.1, 0.15) is 5.75 Å². The van der Waals surface area contributed by atoms with Crippen molar-refractivity contribution in [3.05, 3.63) is 97.1 Å². The first-order chi connectivity index (χ1) is 15.7. The number of carbonyl (C=O) groups is 1. The number of carbonyl (C=O) groups excluding carboxylic acids is 1. The summed E-state index contributed by atoms with van der Waals surface area (Å²) in [5, 5.41) is 13.2. The number of hydrogen-bond acceptors (Lipinski definition) is 5. The second-order valence-corrected chi connectivity index (χ2v) is 7.20. The van der Waals surface area contributed by atoms with Gasteiger partial charge in [-0.3, -0.25) is 4.79 Å². The summed E-state index contributed by atoms with van der Waals surface area (Å²) in [6.07, 6.45) is 0. The van der Waals surface area contributed by atoms with E-state index in [0.29, 0.717) is 23.2 Å². The molecule has 1 amide bonds. The highest BCUT2D eigenvalue weighted by Crippen LogP contribution is 2.25. The molecule has 1 aromatic heterocycles. The predicted molar refractivity (Wildman–Crippen MR) is 123 cm³/mol. The molecule has 4 aromatic carbocycles. The Morgan fingerprint density at radius 1 is 0.750 bits per heavy atom. The van der Waals surface area contributed by atoms with Gasteiger partial charge in [0.15, 0.2) is 6.61 Å². The van der Waals surface area contributed by atoms with Crippen molar-refractivity contribution in [3.8, 4) is 28.7 Å². The minimum absolute atomic E-state index is 0.0792. The fraction of sp³-hybridized carbons (Fsp3) is 0.0385. The van der Waals surface area contributed by atoms with E-state index in [1.54, 1.807) is 12.1 Å². The SMILES string of the molecule is O=C(COc1ccc2ccccc2c1)Nc1ccc(-c2nnc(-c3ccccc3)o2)cc1. The second kappa shape index (κ2) is 8.73. The lowest BCUT2D eigenvalue weighted by molar-refractivity contribution is -0.118. The van der Waals surface area contributed by atoms with Gasteiger partial charge in [-0.15, -0.1) is 10.2 Å². The molecule has 0 saturated carbocycles. The smallest absolute Gasteiger partial charge is 0.262 e. The summed E-state index contributed by atoms with van der Waals surface area (Å²) in [6, 6.07) is 30.6. The number of benzene rings is 4. The largest absolute Gasteiger partial charge is 0.484 e. The lowest BCUT2D eigenvalue weighted by atomic mass is 10.1. The maximum absolute atomic E-state index is 12.3. The van der Waals surface area contributed by atoms with Gasteiger partial charge in [0.05, 0.1) is 0 Å². The van der Waals surface area contributed by atoms with Crippen LogP contribution in [0.15, 0.2) is 101 Å². The van der Waals surface area contributed by atoms with Crippen molar-refractivity contribution in [2.75, 3.05) is 11.9 Å². The molecule has 0 radical (unpaired) electrons. The molecular formula is C26H19N3O3. The highest BCUT2D eigenvalue weighted by molar-refractivity contribution is 5.92. The first-order valence-electron chi connectivity index (χ1n) is 10.2. The highest BCUT2D eigenvalue weighted by Gasteiger charge is 2.11. The maximum atomic E-state index is 12.3. The Hall–Kier alpha value is -4.45. The highest BCUT2D eigenvalue weighted by atomic mass is 16.5. The molecule has 0 fully saturated rings. The van der Waals surface area contributed by atoms with Crippen LogP contribution < -0.4 is 10.1 Å². The molecule has 0 aliphatic rings. The summed E-state index contributed by atoms with van der Waals surface area (Å²) in [5.74, 6) is 1.29. The van der Waals surface area contributed by atoms with Crippen LogP contribution in [0, 0.1) is 0 Å². The van der Waals surface area contributed by atoms with Crippen LogP contribution in [0.4, 0.5) is 5.69 Å². The molecule has 5 rings (SSSR count). The van der Waals surface area contributed by atoms with Gasteiger partial charge in [-0.2, -0.15) is 0 Å². The number of ether oxygens (including phenoxy) is 1. The van der Waals surface area contributed by atoms with Crippen molar-refractivity contribution in [1.29, 1.82) is 0 Å². The Balaban J connectivity index is 1.20. The number of rotatable bonds is 6. The third kappa shape index (κ3) is 4.34. The van der Waals surface area contributed by atoms with E-state index in [0.717, 1.165) is 21.9 Å². The Morgan fingerprint density at radius 3 is 2.16 bits per heavy atom. The standard InChI is InChI=1S/C26H19N3O3/c30-24(17-31-23-15-12-18-6-4-5-9-21(18)16-23)27-22-13-10-20(11-14-22)26-29-28-25(32-26)19-7-2-1-3-8-19/h1-16H,17H2,(H,27,30). The van der Waals surface area contributed by atoms with Crippen LogP contribution in [0.25, 0.3) is 33.7 Å². The topological polar surface area (TPSA) is 77.2 Å². The molecule has 1 N–H and O–H groups in total. The molecule has 0 atom stereocenters. The zero-order valence-corrected chi connectivity index (χ0v) is 17.1. The summed E-state index contributed by atoms with van der Waals surface area (Å²) in [4.78, 5) is 12.3. The molecule has 5 aromatic rings. The molecule has 6 nitrogen and oxygen atoms in total. The minimum atomic E-state index is -0.241. The van der Waals surface area contributed by atoms with E-state index in [1.165, 1.54) is 0 Å². The lowest BCUT2D eigenvalue weighted by Gasteiger charge is -2.08. The van der Waals surface area contributed by atoms with Crippen LogP contribution in [-0.2, 0) is 4.79 Å². The van der Waals surface area contributed by atoms with E-state index >= 15 is 0 Å². The molecule has 0 spiro atoms. The van der Waals surface area contributed by atoms with E-state index in [4.69, 9.17) is 9.15 Å². The van der Waals surface area contributed by atoms with Crippen LogP contribution in [0.2, 0.25) is 0 Å². The molecule has 0 unspecified atom stereocenters. The molecule has 0 saturated heterocycles. The van der Waals surface area contributed by atoms with Gasteiger partial charge >= 0.3 is 0 Å². The van der Waals surface area contributed by atoms with Crippen molar-refractivity contribution in [3.63, 3.8) is 0 Å². The van der Waals surface area contributed by atoms with Gasteiger partial charge in [0.2, 0.25) is 11.8 Å². The Morgan fingerprint density at radius 2 is 1.41 bits per heavy atom. The molecule has 6 heteroatoms. The summed E-state index contributed by atoms with van der Waals surface area (Å²) in [5.41, 5.74) is 2.29. The summed E-state index contributed by atoms with van der Waals surface area (Å²) in [6.45, 7) is -0.0792. The fourth-order valence-electron chi connectivity index (χ4n) is 3.34. The van der Waals surface area contributed by atoms with Gasteiger partial charge in [0, 0.05) is 16.8 Å². The number of nitrogens with zero attached hydrogens (tertiary/aromatic N) is 2. The molecule has 32 heavy (non-hydrogen) atoms. The fourth-order valence-corrected chi connectivity index (χ4v) is 3.34. The van der Waals surface area contributed by atoms with Crippen molar-refractivity contribution in [1.82, 2.24) is 10.2 Å². The van der Waals surface area contributed by atoms with Gasteiger partial charge in [-0.1, -0.05) is 48.5 Å². The van der Waals surface area contributed by atoms with E-state index < -0.39 is 0 Å². The van der Waals surface area contributed by atoms with Gasteiger partial charge < -0.3 is 14.5 Å². The average Bonchev–Trinajstić information content (AvgIpc) is 3.34. The number of amides is 1. The summed E-state index contributed by atoms with van der Waals surface area (Å²) >= 11 is 0. The van der Waals surface area contributed by atoms with Crippen molar-refractivity contribution < 1.29 is 13.9 Å². The lowest BCUT2D eigenvalue weighted by Crippen LogP contribution is -2.20. The van der Waals surface area contributed by atoms with Gasteiger partial charge in [-0.05, 0) is 59.3 Å². The van der Waals surface area contributed by atoms with Crippen molar-refractivity contribution in [2.45, 2.75) is 0 Å². The van der Waals surface area contributed by atoms with Gasteiger partial charge in [-0.25, -0.2) is 0 Å². The summed E-state index contributed by atoms with van der Waals surface area (Å²) in [7, 11) is 0. The van der Waals surface area contributed by atoms with Crippen LogP contribution in [-0.4, -0.2) is 22.7 Å². The van der Waals surface area contributed by atoms with E-state index in [-0.39, 0.29) is 12.5 Å². The number of aromatic nitrogens is 2. The van der Waals surface area contributed by atoms with E-state index in [9.17, 15) is 4.79 Å². The third-order valence-corrected chi connectivity index (χ3v) is 4.95. The first-order valence-corrected chi connectivity index (χ1v) is 10.2. The Labute approximate surface area is 184 Å². The molecular weight excluding hydrogens is 402 g/mol. The predicted octanol–water partition coefficient (Wildman–Crippen LogP) is 5.57. The molecule has 0 aliphatic heterocycles. The van der Waals surface area contributed by atoms with Crippen LogP contribution >= 0.6 is 0 Å². The summed E-state index contributed by atoms with van der Waals surface area (Å²) < 4.78 is 11.4. The second-order valence-electron chi connectivity index (χ2n) is 7.20. The quantitative estimate of drug-likeness (QED) is 0.388. The maximum Gasteiger partial charge on any atom is 0.262 e. The van der Waals surface area contributed by atoms with Crippen LogP contribution in [0.3, 0.4) is 0 Å². The normalized spacial score (nSPS) is 10.8. The Bertz CT molecular complexity index is 1360. The monoisotopic (exact) mass is 421 g/mol. The average molecular weight is 421 g/mol. The molecule has 1 heterocycles. The molecule has 0 bridgehead atoms. The van der Waals surface area contributed by atoms with E-state index in [2.05, 4.69) is 15.5 Å². The zero-order chi connectivity index (χ0) is 21.8. The van der Waals surface area contributed by atoms with Crippen molar-refractivity contribution in [2.24, 2.45) is 0 Å². The van der Waals surface area contributed by atoms with Gasteiger partial charge in [0.25, 0.3) is 5.91 Å². The minimum Gasteiger partial charge on any atom is -0.484 e. The Kier molecular flexibility index (Phi) is 5.32. The number of nitrogens with one attached hydrogen (secondary N) is 1. The zero-order valence-electron chi connectivity index (χ0n) is 17.1. The van der Waals surface area contributed by atoms with Crippen LogP contribution in [0.5, 0.6) is 5.75 Å². The first kappa shape index (κ1) is 19.5. The molecule has 156 valence electrons. The van der Waals surface area contributed by atoms with E-state index in [1.807, 2.05) is 84.9 Å².